The van der Waals surface area contributed by atoms with Gasteiger partial charge < -0.3 is 0 Å². The van der Waals surface area contributed by atoms with Gasteiger partial charge in [0.2, 0.25) is 0 Å². The molecule has 1 aliphatic carbocycles. The van der Waals surface area contributed by atoms with Crippen molar-refractivity contribution in [2.45, 2.75) is 13.3 Å². The van der Waals surface area contributed by atoms with E-state index in [1.165, 1.54) is 93.5 Å². The molecule has 44 heavy (non-hydrogen) atoms. The second-order valence-corrected chi connectivity index (χ2v) is 12.1. The summed E-state index contributed by atoms with van der Waals surface area (Å²) in [5.74, 6) is 0. The van der Waals surface area contributed by atoms with E-state index in [0.717, 1.165) is 6.42 Å². The highest BCUT2D eigenvalue weighted by Crippen LogP contribution is 2.46. The van der Waals surface area contributed by atoms with E-state index < -0.39 is 0 Å². The Balaban J connectivity index is 1.18. The zero-order valence-corrected chi connectivity index (χ0v) is 24.6. The van der Waals surface area contributed by atoms with E-state index in [-0.39, 0.29) is 0 Å². The number of fused-ring (bicyclic) bond motifs is 9. The minimum Gasteiger partial charge on any atom is -0.0616 e. The van der Waals surface area contributed by atoms with Crippen LogP contribution >= 0.6 is 0 Å². The summed E-state index contributed by atoms with van der Waals surface area (Å²) in [7, 11) is 0. The lowest BCUT2D eigenvalue weighted by Crippen LogP contribution is -1.91. The van der Waals surface area contributed by atoms with Crippen LogP contribution in [0, 0.1) is 6.92 Å². The molecule has 0 spiro atoms. The Morgan fingerprint density at radius 2 is 0.773 bits per heavy atom. The molecule has 0 radical (unpaired) electrons. The summed E-state index contributed by atoms with van der Waals surface area (Å²) in [4.78, 5) is 0. The van der Waals surface area contributed by atoms with Crippen molar-refractivity contribution in [1.82, 2.24) is 0 Å². The van der Waals surface area contributed by atoms with Gasteiger partial charge in [0.05, 0.1) is 0 Å². The van der Waals surface area contributed by atoms with Crippen LogP contribution in [0.2, 0.25) is 0 Å². The fourth-order valence-corrected chi connectivity index (χ4v) is 7.46. The lowest BCUT2D eigenvalue weighted by molar-refractivity contribution is 1.26. The maximum absolute atomic E-state index is 2.43. The van der Waals surface area contributed by atoms with Gasteiger partial charge in [-0.3, -0.25) is 0 Å². The first-order valence-corrected chi connectivity index (χ1v) is 15.5. The maximum atomic E-state index is 2.43. The quantitative estimate of drug-likeness (QED) is 0.189. The molecule has 0 saturated carbocycles. The van der Waals surface area contributed by atoms with Gasteiger partial charge in [0.15, 0.2) is 0 Å². The van der Waals surface area contributed by atoms with Crippen molar-refractivity contribution in [3.8, 4) is 44.5 Å². The molecule has 0 aromatic heterocycles. The molecule has 0 aliphatic heterocycles. The average molecular weight is 559 g/mol. The first-order chi connectivity index (χ1) is 21.7. The molecule has 9 rings (SSSR count). The maximum Gasteiger partial charge on any atom is -0.000112 e. The third kappa shape index (κ3) is 3.85. The standard InChI is InChI=1S/C44H30/c1-28-19-21-29(22-20-28)30-9-6-10-31(25-30)33-15-7-17-39-40-18-8-16-34(44(40)27-43(33)39)32-23-24-41-37-13-3-2-11-35(37)36-12-4-5-14-38(36)42(41)26-32/h2-26H,27H2,1H3. The molecule has 0 unspecified atom stereocenters. The number of hydrogen-bond donors (Lipinski definition) is 0. The van der Waals surface area contributed by atoms with E-state index in [1.807, 2.05) is 0 Å². The van der Waals surface area contributed by atoms with Gasteiger partial charge in [-0.1, -0.05) is 145 Å². The molecular formula is C44H30. The molecule has 0 heterocycles. The van der Waals surface area contributed by atoms with Crippen LogP contribution in [-0.2, 0) is 6.42 Å². The topological polar surface area (TPSA) is 0 Å². The van der Waals surface area contributed by atoms with Crippen LogP contribution in [0.1, 0.15) is 16.7 Å². The number of hydrogen-bond acceptors (Lipinski definition) is 0. The van der Waals surface area contributed by atoms with Crippen LogP contribution in [0.25, 0.3) is 76.8 Å². The van der Waals surface area contributed by atoms with Gasteiger partial charge in [0.25, 0.3) is 0 Å². The molecule has 0 atom stereocenters. The highest BCUT2D eigenvalue weighted by molar-refractivity contribution is 6.25. The summed E-state index contributed by atoms with van der Waals surface area (Å²) in [5, 5.41) is 7.90. The Labute approximate surface area is 257 Å². The molecule has 1 aliphatic rings. The van der Waals surface area contributed by atoms with Crippen molar-refractivity contribution in [3.63, 3.8) is 0 Å². The van der Waals surface area contributed by atoms with Gasteiger partial charge >= 0.3 is 0 Å². The monoisotopic (exact) mass is 558 g/mol. The highest BCUT2D eigenvalue weighted by Gasteiger charge is 2.24. The van der Waals surface area contributed by atoms with Gasteiger partial charge in [0, 0.05) is 0 Å². The van der Waals surface area contributed by atoms with E-state index in [1.54, 1.807) is 0 Å². The Morgan fingerprint density at radius 3 is 1.39 bits per heavy atom. The first kappa shape index (κ1) is 25.1. The number of benzene rings is 8. The molecule has 0 bridgehead atoms. The third-order valence-electron chi connectivity index (χ3n) is 9.61. The van der Waals surface area contributed by atoms with Gasteiger partial charge in [0.1, 0.15) is 0 Å². The Kier molecular flexibility index (Phi) is 5.58. The van der Waals surface area contributed by atoms with Crippen molar-refractivity contribution in [1.29, 1.82) is 0 Å². The highest BCUT2D eigenvalue weighted by atomic mass is 14.3. The normalized spacial score (nSPS) is 12.1. The Bertz CT molecular complexity index is 2370. The predicted molar refractivity (Wildman–Crippen MR) is 188 cm³/mol. The Morgan fingerprint density at radius 1 is 0.318 bits per heavy atom. The van der Waals surface area contributed by atoms with E-state index in [2.05, 4.69) is 159 Å². The molecule has 0 N–H and O–H groups in total. The fraction of sp³-hybridized carbons (Fsp3) is 0.0455. The molecule has 0 amide bonds. The van der Waals surface area contributed by atoms with Gasteiger partial charge in [-0.25, -0.2) is 0 Å². The molecular weight excluding hydrogens is 528 g/mol. The molecule has 206 valence electrons. The van der Waals surface area contributed by atoms with Crippen LogP contribution in [0.4, 0.5) is 0 Å². The van der Waals surface area contributed by atoms with Crippen LogP contribution in [-0.4, -0.2) is 0 Å². The van der Waals surface area contributed by atoms with Crippen molar-refractivity contribution in [2.75, 3.05) is 0 Å². The van der Waals surface area contributed by atoms with Crippen LogP contribution in [0.3, 0.4) is 0 Å². The zero-order valence-electron chi connectivity index (χ0n) is 24.6. The van der Waals surface area contributed by atoms with Crippen LogP contribution in [0.15, 0.2) is 152 Å². The molecule has 0 nitrogen and oxygen atoms in total. The SMILES string of the molecule is Cc1ccc(-c2cccc(-c3cccc4c3Cc3c(-c5ccc6c7ccccc7c7ccccc7c6c5)cccc3-4)c2)cc1. The molecule has 8 aromatic carbocycles. The summed E-state index contributed by atoms with van der Waals surface area (Å²) in [6.07, 6.45) is 0.933. The van der Waals surface area contributed by atoms with Crippen LogP contribution < -0.4 is 0 Å². The molecule has 0 heteroatoms. The van der Waals surface area contributed by atoms with E-state index in [0.29, 0.717) is 0 Å². The predicted octanol–water partition coefficient (Wildman–Crippen LogP) is 12.0. The van der Waals surface area contributed by atoms with Crippen molar-refractivity contribution in [2.24, 2.45) is 0 Å². The van der Waals surface area contributed by atoms with Gasteiger partial charge in [-0.15, -0.1) is 0 Å². The smallest absolute Gasteiger partial charge is 0.000112 e. The largest absolute Gasteiger partial charge is 0.0616 e. The van der Waals surface area contributed by atoms with Gasteiger partial charge in [-0.05, 0) is 113 Å². The summed E-state index contributed by atoms with van der Waals surface area (Å²) in [6.45, 7) is 2.14. The minimum atomic E-state index is 0.933. The average Bonchev–Trinajstić information content (AvgIpc) is 3.48. The summed E-state index contributed by atoms with van der Waals surface area (Å²) in [6, 6.07) is 56.3. The second-order valence-electron chi connectivity index (χ2n) is 12.1. The van der Waals surface area contributed by atoms with E-state index in [4.69, 9.17) is 0 Å². The fourth-order valence-electron chi connectivity index (χ4n) is 7.46. The zero-order chi connectivity index (χ0) is 29.2. The van der Waals surface area contributed by atoms with Crippen molar-refractivity contribution < 1.29 is 0 Å². The van der Waals surface area contributed by atoms with Crippen molar-refractivity contribution >= 4 is 32.3 Å². The van der Waals surface area contributed by atoms with E-state index >= 15 is 0 Å². The second kappa shape index (κ2) is 9.79. The lowest BCUT2D eigenvalue weighted by Gasteiger charge is -2.14. The summed E-state index contributed by atoms with van der Waals surface area (Å²) in [5.41, 5.74) is 14.6. The number of aryl methyl sites for hydroxylation is 1. The van der Waals surface area contributed by atoms with Gasteiger partial charge in [-0.2, -0.15) is 0 Å². The third-order valence-corrected chi connectivity index (χ3v) is 9.61. The first-order valence-electron chi connectivity index (χ1n) is 15.5. The summed E-state index contributed by atoms with van der Waals surface area (Å²) >= 11 is 0. The van der Waals surface area contributed by atoms with Crippen molar-refractivity contribution in [3.05, 3.63) is 168 Å². The Hall–Kier alpha value is -5.46. The summed E-state index contributed by atoms with van der Waals surface area (Å²) < 4.78 is 0. The lowest BCUT2D eigenvalue weighted by atomic mass is 9.90. The van der Waals surface area contributed by atoms with Crippen LogP contribution in [0.5, 0.6) is 0 Å². The molecule has 0 fully saturated rings. The molecule has 0 saturated heterocycles. The van der Waals surface area contributed by atoms with E-state index in [9.17, 15) is 0 Å². The molecule has 8 aromatic rings. The number of rotatable bonds is 3. The minimum absolute atomic E-state index is 0.933.